The normalized spacial score (nSPS) is 19.9. The van der Waals surface area contributed by atoms with Gasteiger partial charge in [-0.25, -0.2) is 0 Å². The zero-order chi connectivity index (χ0) is 15.1. The Morgan fingerprint density at radius 2 is 2.32 bits per heavy atom. The van der Waals surface area contributed by atoms with Gasteiger partial charge in [-0.3, -0.25) is 9.78 Å². The van der Waals surface area contributed by atoms with Crippen LogP contribution in [0, 0.1) is 0 Å². The summed E-state index contributed by atoms with van der Waals surface area (Å²) in [4.78, 5) is 17.1. The number of rotatable bonds is 1. The van der Waals surface area contributed by atoms with E-state index >= 15 is 0 Å². The lowest BCUT2D eigenvalue weighted by molar-refractivity contribution is 0.0859. The lowest BCUT2D eigenvalue weighted by atomic mass is 9.91. The molecule has 22 heavy (non-hydrogen) atoms. The smallest absolute Gasteiger partial charge is 0.256 e. The summed E-state index contributed by atoms with van der Waals surface area (Å²) in [5.74, 6) is 0.215. The minimum absolute atomic E-state index is 0.0548. The van der Waals surface area contributed by atoms with Crippen molar-refractivity contribution in [2.75, 3.05) is 24.1 Å². The highest BCUT2D eigenvalue weighted by molar-refractivity contribution is 5.90. The molecule has 1 unspecified atom stereocenters. The van der Waals surface area contributed by atoms with Gasteiger partial charge in [0.15, 0.2) is 0 Å². The molecule has 2 aliphatic heterocycles. The Hall–Kier alpha value is -2.41. The number of fused-ring (bicyclic) bond motifs is 2. The fraction of sp³-hybridized carbons (Fsp3) is 0.400. The zero-order valence-electron chi connectivity index (χ0n) is 12.2. The molecule has 7 heteroatoms. The molecule has 4 heterocycles. The molecule has 0 saturated heterocycles. The molecule has 4 rings (SSSR count). The van der Waals surface area contributed by atoms with E-state index in [9.17, 15) is 4.79 Å². The maximum atomic E-state index is 13.0. The van der Waals surface area contributed by atoms with Crippen LogP contribution in [-0.4, -0.2) is 33.8 Å². The molecular formula is C15H18N6O. The first kappa shape index (κ1) is 13.3. The van der Waals surface area contributed by atoms with Gasteiger partial charge in [0.25, 0.3) is 5.91 Å². The molecule has 4 N–H and O–H groups in total. The summed E-state index contributed by atoms with van der Waals surface area (Å²) in [6.07, 6.45) is 5.03. The Balaban J connectivity index is 1.73. The van der Waals surface area contributed by atoms with Crippen LogP contribution in [0.15, 0.2) is 18.5 Å². The van der Waals surface area contributed by atoms with Crippen LogP contribution in [0.25, 0.3) is 0 Å². The number of nitrogens with two attached hydrogens (primary N) is 1. The second kappa shape index (κ2) is 5.10. The highest BCUT2D eigenvalue weighted by atomic mass is 16.2. The Labute approximate surface area is 127 Å². The number of hydrogen-bond donors (Lipinski definition) is 3. The van der Waals surface area contributed by atoms with Gasteiger partial charge < -0.3 is 16.4 Å². The summed E-state index contributed by atoms with van der Waals surface area (Å²) in [6, 6.07) is 1.89. The van der Waals surface area contributed by atoms with Crippen LogP contribution in [0.2, 0.25) is 0 Å². The Morgan fingerprint density at radius 1 is 1.41 bits per heavy atom. The highest BCUT2D eigenvalue weighted by Crippen LogP contribution is 2.33. The third-order valence-corrected chi connectivity index (χ3v) is 4.44. The quantitative estimate of drug-likeness (QED) is 0.718. The van der Waals surface area contributed by atoms with E-state index in [2.05, 4.69) is 20.7 Å². The summed E-state index contributed by atoms with van der Waals surface area (Å²) < 4.78 is 1.40. The first-order valence-corrected chi connectivity index (χ1v) is 7.54. The predicted molar refractivity (Wildman–Crippen MR) is 82.8 cm³/mol. The van der Waals surface area contributed by atoms with E-state index in [1.807, 2.05) is 6.07 Å². The fourth-order valence-electron chi connectivity index (χ4n) is 3.28. The minimum atomic E-state index is -0.226. The first-order chi connectivity index (χ1) is 10.8. The topological polar surface area (TPSA) is 97.9 Å². The maximum Gasteiger partial charge on any atom is 0.256 e. The van der Waals surface area contributed by atoms with E-state index in [4.69, 9.17) is 5.73 Å². The number of carbonyl (C=O) groups is 1. The number of aromatic nitrogens is 3. The van der Waals surface area contributed by atoms with Crippen molar-refractivity contribution in [2.45, 2.75) is 25.3 Å². The van der Waals surface area contributed by atoms with Gasteiger partial charge in [0, 0.05) is 24.8 Å². The molecule has 0 aliphatic carbocycles. The molecule has 2 aromatic heterocycles. The molecule has 0 saturated carbocycles. The molecule has 0 fully saturated rings. The molecule has 0 radical (unpaired) electrons. The van der Waals surface area contributed by atoms with E-state index < -0.39 is 0 Å². The van der Waals surface area contributed by atoms with Gasteiger partial charge in [-0.05, 0) is 31.0 Å². The van der Waals surface area contributed by atoms with Crippen LogP contribution in [0.4, 0.5) is 11.5 Å². The molecular weight excluding hydrogens is 280 g/mol. The first-order valence-electron chi connectivity index (χ1n) is 7.54. The van der Waals surface area contributed by atoms with E-state index in [-0.39, 0.29) is 11.8 Å². The summed E-state index contributed by atoms with van der Waals surface area (Å²) in [6.45, 7) is 2.29. The Kier molecular flexibility index (Phi) is 3.07. The van der Waals surface area contributed by atoms with Crippen molar-refractivity contribution in [1.29, 1.82) is 0 Å². The number of nitrogens with one attached hydrogen (secondary N) is 2. The van der Waals surface area contributed by atoms with E-state index in [0.717, 1.165) is 48.4 Å². The summed E-state index contributed by atoms with van der Waals surface area (Å²) in [5.41, 5.74) is 9.97. The van der Waals surface area contributed by atoms with Crippen molar-refractivity contribution in [2.24, 2.45) is 0 Å². The molecule has 2 aliphatic rings. The van der Waals surface area contributed by atoms with Crippen LogP contribution in [0.3, 0.4) is 0 Å². The van der Waals surface area contributed by atoms with Gasteiger partial charge in [0.2, 0.25) is 0 Å². The molecule has 0 bridgehead atoms. The van der Waals surface area contributed by atoms with Crippen LogP contribution < -0.4 is 16.4 Å². The minimum Gasteiger partial charge on any atom is -0.384 e. The molecule has 114 valence electrons. The molecule has 7 nitrogen and oxygen atoms in total. The number of pyridine rings is 1. The Bertz CT molecular complexity index is 738. The molecule has 1 atom stereocenters. The van der Waals surface area contributed by atoms with E-state index in [1.165, 1.54) is 4.68 Å². The van der Waals surface area contributed by atoms with Crippen molar-refractivity contribution in [1.82, 2.24) is 20.1 Å². The average molecular weight is 298 g/mol. The van der Waals surface area contributed by atoms with Gasteiger partial charge in [0.1, 0.15) is 5.82 Å². The summed E-state index contributed by atoms with van der Waals surface area (Å²) >= 11 is 0. The van der Waals surface area contributed by atoms with E-state index in [0.29, 0.717) is 12.4 Å². The van der Waals surface area contributed by atoms with Crippen molar-refractivity contribution in [3.8, 4) is 0 Å². The van der Waals surface area contributed by atoms with Crippen molar-refractivity contribution in [3.63, 3.8) is 0 Å². The lowest BCUT2D eigenvalue weighted by Gasteiger charge is -2.25. The van der Waals surface area contributed by atoms with Gasteiger partial charge in [-0.1, -0.05) is 0 Å². The zero-order valence-corrected chi connectivity index (χ0v) is 12.2. The number of carbonyl (C=O) groups excluding carboxylic acids is 1. The van der Waals surface area contributed by atoms with Crippen LogP contribution in [0.5, 0.6) is 0 Å². The molecule has 2 aromatic rings. The Morgan fingerprint density at radius 3 is 3.18 bits per heavy atom. The molecule has 0 amide bonds. The number of nitrogens with zero attached hydrogens (tertiary/aromatic N) is 3. The van der Waals surface area contributed by atoms with Crippen molar-refractivity contribution in [3.05, 3.63) is 35.3 Å². The summed E-state index contributed by atoms with van der Waals surface area (Å²) in [7, 11) is 0. The van der Waals surface area contributed by atoms with Gasteiger partial charge in [-0.2, -0.15) is 9.78 Å². The average Bonchev–Trinajstić information content (AvgIpc) is 2.91. The monoisotopic (exact) mass is 298 g/mol. The SMILES string of the molecule is Nc1c2c(nn1C(=O)C1CCNc3cnccc31)CNCC2. The van der Waals surface area contributed by atoms with Crippen LogP contribution >= 0.6 is 0 Å². The maximum absolute atomic E-state index is 13.0. The van der Waals surface area contributed by atoms with Crippen molar-refractivity contribution >= 4 is 17.4 Å². The molecule has 0 aromatic carbocycles. The van der Waals surface area contributed by atoms with E-state index in [1.54, 1.807) is 12.4 Å². The number of hydrogen-bond acceptors (Lipinski definition) is 6. The second-order valence-corrected chi connectivity index (χ2v) is 5.72. The van der Waals surface area contributed by atoms with Crippen LogP contribution in [0.1, 0.15) is 34.0 Å². The fourth-order valence-corrected chi connectivity index (χ4v) is 3.28. The van der Waals surface area contributed by atoms with Gasteiger partial charge in [0.05, 0.1) is 23.5 Å². The summed E-state index contributed by atoms with van der Waals surface area (Å²) in [5, 5.41) is 11.0. The third kappa shape index (κ3) is 1.97. The van der Waals surface area contributed by atoms with Crippen molar-refractivity contribution < 1.29 is 4.79 Å². The predicted octanol–water partition coefficient (Wildman–Crippen LogP) is 0.746. The third-order valence-electron chi connectivity index (χ3n) is 4.44. The number of nitrogen functional groups attached to an aromatic ring is 1. The largest absolute Gasteiger partial charge is 0.384 e. The van der Waals surface area contributed by atoms with Crippen LogP contribution in [-0.2, 0) is 13.0 Å². The molecule has 0 spiro atoms. The number of anilines is 2. The van der Waals surface area contributed by atoms with Gasteiger partial charge in [-0.15, -0.1) is 0 Å². The standard InChI is InChI=1S/C15H18N6O/c16-14-11-2-5-18-8-13(11)20-21(14)15(22)10-3-6-19-12-7-17-4-1-9(10)12/h1,4,7,10,18-19H,2-3,5-6,8,16H2. The second-order valence-electron chi connectivity index (χ2n) is 5.72. The highest BCUT2D eigenvalue weighted by Gasteiger charge is 2.31. The lowest BCUT2D eigenvalue weighted by Crippen LogP contribution is -2.28. The van der Waals surface area contributed by atoms with Gasteiger partial charge >= 0.3 is 0 Å².